The minimum Gasteiger partial charge on any atom is -0.362 e. The van der Waals surface area contributed by atoms with E-state index in [1.165, 1.54) is 16.7 Å². The zero-order valence-electron chi connectivity index (χ0n) is 12.6. The molecule has 0 unspecified atom stereocenters. The van der Waals surface area contributed by atoms with Crippen LogP contribution >= 0.6 is 0 Å². The van der Waals surface area contributed by atoms with Crippen LogP contribution in [0.2, 0.25) is 0 Å². The Labute approximate surface area is 122 Å². The zero-order chi connectivity index (χ0) is 14.4. The smallest absolute Gasteiger partial charge is 0.0380 e. The summed E-state index contributed by atoms with van der Waals surface area (Å²) in [6.07, 6.45) is 3.23. The molecule has 0 amide bonds. The Hall–Kier alpha value is -2.02. The largest absolute Gasteiger partial charge is 0.362 e. The molecular weight excluding hydrogens is 242 g/mol. The molecular formula is C19H23N. The maximum absolute atomic E-state index is 3.39. The topological polar surface area (TPSA) is 12.0 Å². The second-order valence-corrected chi connectivity index (χ2v) is 5.32. The van der Waals surface area contributed by atoms with Crippen LogP contribution in [0.5, 0.6) is 0 Å². The van der Waals surface area contributed by atoms with Crippen LogP contribution in [0, 0.1) is 5.92 Å². The highest BCUT2D eigenvalue weighted by atomic mass is 14.8. The molecule has 0 fully saturated rings. The van der Waals surface area contributed by atoms with E-state index >= 15 is 0 Å². The normalized spacial score (nSPS) is 11.7. The Bertz CT molecular complexity index is 550. The third-order valence-corrected chi connectivity index (χ3v) is 3.57. The fraction of sp³-hybridized carbons (Fsp3) is 0.263. The lowest BCUT2D eigenvalue weighted by Crippen LogP contribution is -1.97. The molecule has 0 aromatic heterocycles. The van der Waals surface area contributed by atoms with Crippen LogP contribution in [0.15, 0.2) is 66.4 Å². The Kier molecular flexibility index (Phi) is 5.00. The average molecular weight is 265 g/mol. The first-order valence-corrected chi connectivity index (χ1v) is 7.31. The second-order valence-electron chi connectivity index (χ2n) is 5.32. The van der Waals surface area contributed by atoms with Gasteiger partial charge in [0, 0.05) is 11.9 Å². The van der Waals surface area contributed by atoms with Crippen molar-refractivity contribution >= 4 is 5.69 Å². The van der Waals surface area contributed by atoms with Gasteiger partial charge in [0.25, 0.3) is 0 Å². The fourth-order valence-electron chi connectivity index (χ4n) is 2.24. The summed E-state index contributed by atoms with van der Waals surface area (Å²) in [4.78, 5) is 0. The van der Waals surface area contributed by atoms with Gasteiger partial charge in [-0.2, -0.15) is 0 Å². The van der Waals surface area contributed by atoms with Gasteiger partial charge in [0.1, 0.15) is 0 Å². The molecule has 1 N–H and O–H groups in total. The monoisotopic (exact) mass is 265 g/mol. The van der Waals surface area contributed by atoms with Crippen molar-refractivity contribution in [3.8, 4) is 11.1 Å². The summed E-state index contributed by atoms with van der Waals surface area (Å²) < 4.78 is 0. The number of hydrogen-bond acceptors (Lipinski definition) is 1. The van der Waals surface area contributed by atoms with E-state index in [1.807, 2.05) is 6.07 Å². The quantitative estimate of drug-likeness (QED) is 0.729. The van der Waals surface area contributed by atoms with Crippen molar-refractivity contribution < 1.29 is 0 Å². The van der Waals surface area contributed by atoms with E-state index in [0.29, 0.717) is 5.92 Å². The van der Waals surface area contributed by atoms with Gasteiger partial charge in [-0.3, -0.25) is 0 Å². The highest BCUT2D eigenvalue weighted by molar-refractivity contribution is 5.66. The molecule has 2 aromatic carbocycles. The van der Waals surface area contributed by atoms with Crippen LogP contribution in [0.3, 0.4) is 0 Å². The van der Waals surface area contributed by atoms with Gasteiger partial charge >= 0.3 is 0 Å². The Balaban J connectivity index is 2.09. The molecule has 0 atom stereocenters. The molecule has 20 heavy (non-hydrogen) atoms. The lowest BCUT2D eigenvalue weighted by molar-refractivity contribution is 0.730. The van der Waals surface area contributed by atoms with E-state index in [1.54, 1.807) is 0 Å². The SMILES string of the molecule is CC/C(=C\Nc1ccc(-c2ccccc2)cc1)C(C)C. The molecule has 2 rings (SSSR count). The van der Waals surface area contributed by atoms with Crippen molar-refractivity contribution in [2.45, 2.75) is 27.2 Å². The third kappa shape index (κ3) is 3.74. The molecule has 0 aliphatic rings. The number of nitrogens with one attached hydrogen (secondary N) is 1. The number of allylic oxidation sites excluding steroid dienone is 1. The minimum absolute atomic E-state index is 0.594. The molecule has 0 saturated carbocycles. The molecule has 1 heteroatoms. The standard InChI is InChI=1S/C19H23N/c1-4-16(15(2)3)14-20-19-12-10-18(11-13-19)17-8-6-5-7-9-17/h5-15,20H,4H2,1-3H3/b16-14+. The summed E-state index contributed by atoms with van der Waals surface area (Å²) in [6, 6.07) is 19.0. The first-order valence-electron chi connectivity index (χ1n) is 7.31. The summed E-state index contributed by atoms with van der Waals surface area (Å²) in [6.45, 7) is 6.66. The van der Waals surface area contributed by atoms with Gasteiger partial charge < -0.3 is 5.32 Å². The first-order chi connectivity index (χ1) is 9.70. The lowest BCUT2D eigenvalue weighted by atomic mass is 10.0. The van der Waals surface area contributed by atoms with Gasteiger partial charge in [0.05, 0.1) is 0 Å². The van der Waals surface area contributed by atoms with Gasteiger partial charge in [-0.25, -0.2) is 0 Å². The van der Waals surface area contributed by atoms with Crippen molar-refractivity contribution in [2.75, 3.05) is 5.32 Å². The predicted octanol–water partition coefficient (Wildman–Crippen LogP) is 5.72. The van der Waals surface area contributed by atoms with Crippen LogP contribution in [-0.2, 0) is 0 Å². The van der Waals surface area contributed by atoms with E-state index < -0.39 is 0 Å². The van der Waals surface area contributed by atoms with E-state index in [0.717, 1.165) is 12.1 Å². The summed E-state index contributed by atoms with van der Waals surface area (Å²) >= 11 is 0. The predicted molar refractivity (Wildman–Crippen MR) is 88.7 cm³/mol. The van der Waals surface area contributed by atoms with Gasteiger partial charge in [0.2, 0.25) is 0 Å². The Morgan fingerprint density at radius 3 is 2.10 bits per heavy atom. The number of anilines is 1. The minimum atomic E-state index is 0.594. The highest BCUT2D eigenvalue weighted by Crippen LogP contribution is 2.21. The van der Waals surface area contributed by atoms with E-state index in [-0.39, 0.29) is 0 Å². The van der Waals surface area contributed by atoms with Crippen LogP contribution in [0.4, 0.5) is 5.69 Å². The van der Waals surface area contributed by atoms with E-state index in [9.17, 15) is 0 Å². The Morgan fingerprint density at radius 1 is 0.950 bits per heavy atom. The Morgan fingerprint density at radius 2 is 1.55 bits per heavy atom. The fourth-order valence-corrected chi connectivity index (χ4v) is 2.24. The summed E-state index contributed by atoms with van der Waals surface area (Å²) in [5.41, 5.74) is 5.08. The molecule has 1 nitrogen and oxygen atoms in total. The zero-order valence-corrected chi connectivity index (χ0v) is 12.6. The second kappa shape index (κ2) is 6.95. The van der Waals surface area contributed by atoms with Gasteiger partial charge in [-0.1, -0.05) is 68.8 Å². The van der Waals surface area contributed by atoms with Crippen molar-refractivity contribution in [1.29, 1.82) is 0 Å². The van der Waals surface area contributed by atoms with Gasteiger partial charge in [-0.05, 0) is 35.6 Å². The van der Waals surface area contributed by atoms with Crippen molar-refractivity contribution in [3.63, 3.8) is 0 Å². The number of hydrogen-bond donors (Lipinski definition) is 1. The molecule has 0 aliphatic heterocycles. The maximum atomic E-state index is 3.39. The third-order valence-electron chi connectivity index (χ3n) is 3.57. The molecule has 104 valence electrons. The van der Waals surface area contributed by atoms with Gasteiger partial charge in [-0.15, -0.1) is 0 Å². The van der Waals surface area contributed by atoms with Crippen molar-refractivity contribution in [3.05, 3.63) is 66.4 Å². The molecule has 0 radical (unpaired) electrons. The van der Waals surface area contributed by atoms with Crippen LogP contribution in [-0.4, -0.2) is 0 Å². The first kappa shape index (κ1) is 14.4. The van der Waals surface area contributed by atoms with Gasteiger partial charge in [0.15, 0.2) is 0 Å². The van der Waals surface area contributed by atoms with E-state index in [4.69, 9.17) is 0 Å². The van der Waals surface area contributed by atoms with Crippen LogP contribution < -0.4 is 5.32 Å². The average Bonchev–Trinajstić information content (AvgIpc) is 2.49. The highest BCUT2D eigenvalue weighted by Gasteiger charge is 2.00. The van der Waals surface area contributed by atoms with Crippen molar-refractivity contribution in [2.24, 2.45) is 5.92 Å². The summed E-state index contributed by atoms with van der Waals surface area (Å²) in [7, 11) is 0. The summed E-state index contributed by atoms with van der Waals surface area (Å²) in [5.74, 6) is 0.594. The van der Waals surface area contributed by atoms with E-state index in [2.05, 4.69) is 80.8 Å². The van der Waals surface area contributed by atoms with Crippen molar-refractivity contribution in [1.82, 2.24) is 0 Å². The molecule has 0 bridgehead atoms. The molecule has 0 aliphatic carbocycles. The molecule has 0 heterocycles. The molecule has 0 saturated heterocycles. The summed E-state index contributed by atoms with van der Waals surface area (Å²) in [5, 5.41) is 3.39. The number of benzene rings is 2. The maximum Gasteiger partial charge on any atom is 0.0380 e. The van der Waals surface area contributed by atoms with Crippen LogP contribution in [0.1, 0.15) is 27.2 Å². The van der Waals surface area contributed by atoms with Crippen LogP contribution in [0.25, 0.3) is 11.1 Å². The lowest BCUT2D eigenvalue weighted by Gasteiger charge is -2.10. The molecule has 2 aromatic rings. The molecule has 0 spiro atoms. The number of rotatable bonds is 5.